The van der Waals surface area contributed by atoms with Crippen molar-refractivity contribution < 1.29 is 9.53 Å². The highest BCUT2D eigenvalue weighted by Gasteiger charge is 2.25. The molecule has 3 rings (SSSR count). The third kappa shape index (κ3) is 2.84. The predicted octanol–water partition coefficient (Wildman–Crippen LogP) is 1.85. The van der Waals surface area contributed by atoms with Crippen molar-refractivity contribution >= 4 is 22.9 Å². The SMILES string of the molecule is CC(C)(C)OC(=O)NC1CCc2cc3c(N)ncnc3n2C1. The van der Waals surface area contributed by atoms with Crippen molar-refractivity contribution in [3.05, 3.63) is 18.1 Å². The van der Waals surface area contributed by atoms with Crippen LogP contribution in [0.5, 0.6) is 0 Å². The van der Waals surface area contributed by atoms with E-state index in [0.29, 0.717) is 12.4 Å². The lowest BCUT2D eigenvalue weighted by Crippen LogP contribution is -2.43. The van der Waals surface area contributed by atoms with Crippen LogP contribution in [0.15, 0.2) is 12.4 Å². The maximum atomic E-state index is 11.9. The van der Waals surface area contributed by atoms with E-state index in [1.54, 1.807) is 0 Å². The number of hydrogen-bond donors (Lipinski definition) is 2. The highest BCUT2D eigenvalue weighted by atomic mass is 16.6. The van der Waals surface area contributed by atoms with Gasteiger partial charge in [0.2, 0.25) is 0 Å². The summed E-state index contributed by atoms with van der Waals surface area (Å²) in [5.41, 5.74) is 7.39. The largest absolute Gasteiger partial charge is 0.444 e. The maximum Gasteiger partial charge on any atom is 0.407 e. The van der Waals surface area contributed by atoms with Gasteiger partial charge in [-0.2, -0.15) is 0 Å². The summed E-state index contributed by atoms with van der Waals surface area (Å²) in [6.45, 7) is 6.22. The highest BCUT2D eigenvalue weighted by Crippen LogP contribution is 2.26. The third-order valence-corrected chi connectivity index (χ3v) is 3.68. The number of alkyl carbamates (subject to hydrolysis) is 1. The Balaban J connectivity index is 1.78. The van der Waals surface area contributed by atoms with E-state index in [4.69, 9.17) is 10.5 Å². The van der Waals surface area contributed by atoms with Crippen molar-refractivity contribution in [3.63, 3.8) is 0 Å². The number of amides is 1. The Morgan fingerprint density at radius 1 is 1.45 bits per heavy atom. The molecule has 1 amide bonds. The first-order chi connectivity index (χ1) is 10.3. The van der Waals surface area contributed by atoms with E-state index >= 15 is 0 Å². The summed E-state index contributed by atoms with van der Waals surface area (Å²) in [5, 5.41) is 3.80. The molecule has 22 heavy (non-hydrogen) atoms. The van der Waals surface area contributed by atoms with Gasteiger partial charge in [-0.15, -0.1) is 0 Å². The summed E-state index contributed by atoms with van der Waals surface area (Å²) in [6.07, 6.45) is 2.81. The number of hydrogen-bond acceptors (Lipinski definition) is 5. The number of nitrogens with zero attached hydrogens (tertiary/aromatic N) is 3. The second kappa shape index (κ2) is 5.15. The molecule has 3 N–H and O–H groups in total. The topological polar surface area (TPSA) is 95.1 Å². The fraction of sp³-hybridized carbons (Fsp3) is 0.533. The first-order valence-electron chi connectivity index (χ1n) is 7.41. The monoisotopic (exact) mass is 303 g/mol. The van der Waals surface area contributed by atoms with Gasteiger partial charge in [-0.1, -0.05) is 0 Å². The average molecular weight is 303 g/mol. The van der Waals surface area contributed by atoms with Gasteiger partial charge in [0.05, 0.1) is 11.4 Å². The summed E-state index contributed by atoms with van der Waals surface area (Å²) in [6, 6.07) is 2.06. The normalized spacial score (nSPS) is 18.0. The van der Waals surface area contributed by atoms with Crippen LogP contribution in [0.4, 0.5) is 10.6 Å². The average Bonchev–Trinajstić information content (AvgIpc) is 2.76. The van der Waals surface area contributed by atoms with Gasteiger partial charge in [-0.05, 0) is 39.7 Å². The van der Waals surface area contributed by atoms with Crippen LogP contribution in [0, 0.1) is 0 Å². The lowest BCUT2D eigenvalue weighted by molar-refractivity contribution is 0.0493. The fourth-order valence-electron chi connectivity index (χ4n) is 2.77. The van der Waals surface area contributed by atoms with Gasteiger partial charge in [-0.3, -0.25) is 0 Å². The van der Waals surface area contributed by atoms with Crippen LogP contribution in [0.3, 0.4) is 0 Å². The van der Waals surface area contributed by atoms with Crippen LogP contribution in [0.1, 0.15) is 32.9 Å². The molecule has 3 heterocycles. The quantitative estimate of drug-likeness (QED) is 0.838. The highest BCUT2D eigenvalue weighted by molar-refractivity contribution is 5.87. The van der Waals surface area contributed by atoms with Crippen molar-refractivity contribution in [2.75, 3.05) is 5.73 Å². The number of nitrogens with two attached hydrogens (primary N) is 1. The van der Waals surface area contributed by atoms with Gasteiger partial charge in [0.15, 0.2) is 0 Å². The molecular weight excluding hydrogens is 282 g/mol. The molecule has 2 aromatic rings. The lowest BCUT2D eigenvalue weighted by Gasteiger charge is -2.27. The van der Waals surface area contributed by atoms with Crippen LogP contribution in [-0.2, 0) is 17.7 Å². The number of anilines is 1. The summed E-state index contributed by atoms with van der Waals surface area (Å²) in [7, 11) is 0. The molecule has 0 spiro atoms. The van der Waals surface area contributed by atoms with Gasteiger partial charge in [0.25, 0.3) is 0 Å². The van der Waals surface area contributed by atoms with Crippen LogP contribution >= 0.6 is 0 Å². The second-order valence-electron chi connectivity index (χ2n) is 6.62. The van der Waals surface area contributed by atoms with E-state index in [2.05, 4.69) is 19.9 Å². The van der Waals surface area contributed by atoms with Gasteiger partial charge in [0, 0.05) is 12.2 Å². The van der Waals surface area contributed by atoms with E-state index in [9.17, 15) is 4.79 Å². The van der Waals surface area contributed by atoms with Crippen molar-refractivity contribution in [1.29, 1.82) is 0 Å². The van der Waals surface area contributed by atoms with Gasteiger partial charge >= 0.3 is 6.09 Å². The van der Waals surface area contributed by atoms with Crippen molar-refractivity contribution in [3.8, 4) is 0 Å². The van der Waals surface area contributed by atoms with E-state index in [-0.39, 0.29) is 12.1 Å². The minimum atomic E-state index is -0.494. The lowest BCUT2D eigenvalue weighted by atomic mass is 10.1. The van der Waals surface area contributed by atoms with Crippen molar-refractivity contribution in [2.45, 2.75) is 51.8 Å². The fourth-order valence-corrected chi connectivity index (χ4v) is 2.77. The number of rotatable bonds is 1. The van der Waals surface area contributed by atoms with Crippen LogP contribution in [0.25, 0.3) is 11.0 Å². The minimum absolute atomic E-state index is 0.0224. The number of aryl methyl sites for hydroxylation is 1. The number of aromatic nitrogens is 3. The number of carbonyl (C=O) groups excluding carboxylic acids is 1. The summed E-state index contributed by atoms with van der Waals surface area (Å²) < 4.78 is 7.41. The standard InChI is InChI=1S/C15H21N5O2/c1-15(2,3)22-14(21)19-9-4-5-10-6-11-12(16)17-8-18-13(11)20(10)7-9/h6,8-9H,4-5,7H2,1-3H3,(H,19,21)(H2,16,17,18). The molecule has 0 aliphatic carbocycles. The van der Waals surface area contributed by atoms with E-state index in [1.165, 1.54) is 12.0 Å². The van der Waals surface area contributed by atoms with Gasteiger partial charge in [0.1, 0.15) is 23.4 Å². The Morgan fingerprint density at radius 3 is 2.95 bits per heavy atom. The zero-order valence-electron chi connectivity index (χ0n) is 13.1. The Kier molecular flexibility index (Phi) is 3.42. The molecule has 2 aromatic heterocycles. The predicted molar refractivity (Wildman–Crippen MR) is 83.4 cm³/mol. The Labute approximate surface area is 128 Å². The molecule has 0 saturated heterocycles. The molecule has 0 saturated carbocycles. The Hall–Kier alpha value is -2.31. The number of nitrogen functional groups attached to an aromatic ring is 1. The number of fused-ring (bicyclic) bond motifs is 3. The molecule has 1 aliphatic heterocycles. The van der Waals surface area contributed by atoms with Gasteiger partial charge in [-0.25, -0.2) is 14.8 Å². The Bertz CT molecular complexity index is 717. The zero-order chi connectivity index (χ0) is 15.9. The molecule has 0 fully saturated rings. The molecule has 1 aliphatic rings. The molecule has 1 atom stereocenters. The van der Waals surface area contributed by atoms with Gasteiger partial charge < -0.3 is 20.4 Å². The van der Waals surface area contributed by atoms with Crippen molar-refractivity contribution in [1.82, 2.24) is 19.9 Å². The van der Waals surface area contributed by atoms with Crippen LogP contribution in [0.2, 0.25) is 0 Å². The number of nitrogens with one attached hydrogen (secondary N) is 1. The first-order valence-corrected chi connectivity index (χ1v) is 7.41. The maximum absolute atomic E-state index is 11.9. The summed E-state index contributed by atoms with van der Waals surface area (Å²) in [5.74, 6) is 0.489. The zero-order valence-corrected chi connectivity index (χ0v) is 13.1. The molecule has 7 heteroatoms. The molecule has 0 radical (unpaired) electrons. The second-order valence-corrected chi connectivity index (χ2v) is 6.62. The smallest absolute Gasteiger partial charge is 0.407 e. The molecule has 7 nitrogen and oxygen atoms in total. The number of ether oxygens (including phenoxy) is 1. The summed E-state index contributed by atoms with van der Waals surface area (Å²) >= 11 is 0. The van der Waals surface area contributed by atoms with Crippen LogP contribution in [-0.4, -0.2) is 32.3 Å². The van der Waals surface area contributed by atoms with E-state index in [1.807, 2.05) is 26.8 Å². The third-order valence-electron chi connectivity index (χ3n) is 3.68. The van der Waals surface area contributed by atoms with E-state index < -0.39 is 5.60 Å². The van der Waals surface area contributed by atoms with Crippen LogP contribution < -0.4 is 11.1 Å². The van der Waals surface area contributed by atoms with Crippen molar-refractivity contribution in [2.24, 2.45) is 0 Å². The summed E-state index contributed by atoms with van der Waals surface area (Å²) in [4.78, 5) is 20.2. The van der Waals surface area contributed by atoms with E-state index in [0.717, 1.165) is 23.9 Å². The minimum Gasteiger partial charge on any atom is -0.444 e. The Morgan fingerprint density at radius 2 is 2.23 bits per heavy atom. The molecule has 1 unspecified atom stereocenters. The molecule has 118 valence electrons. The molecule has 0 aromatic carbocycles. The molecular formula is C15H21N5O2. The number of carbonyl (C=O) groups is 1. The molecule has 0 bridgehead atoms. The first kappa shape index (κ1) is 14.6.